The Labute approximate surface area is 109 Å². The third-order valence-electron chi connectivity index (χ3n) is 3.95. The van der Waals surface area contributed by atoms with Crippen molar-refractivity contribution in [2.45, 2.75) is 37.8 Å². The van der Waals surface area contributed by atoms with Crippen LogP contribution in [0, 0.1) is 5.92 Å². The molecule has 0 bridgehead atoms. The predicted molar refractivity (Wildman–Crippen MR) is 70.2 cm³/mol. The monoisotopic (exact) mass is 255 g/mol. The minimum Gasteiger partial charge on any atom is -0.381 e. The molecule has 1 saturated carbocycles. The Morgan fingerprint density at radius 2 is 2.06 bits per heavy atom. The number of nitrogens with two attached hydrogens (primary N) is 1. The van der Waals surface area contributed by atoms with Crippen LogP contribution in [-0.2, 0) is 9.53 Å². The van der Waals surface area contributed by atoms with E-state index in [1.807, 2.05) is 7.05 Å². The maximum Gasteiger partial charge on any atom is 0.234 e. The van der Waals surface area contributed by atoms with Gasteiger partial charge in [-0.1, -0.05) is 0 Å². The van der Waals surface area contributed by atoms with Crippen LogP contribution in [0.4, 0.5) is 0 Å². The number of nitrogens with zero attached hydrogens (tertiary/aromatic N) is 1. The Balaban J connectivity index is 1.71. The van der Waals surface area contributed by atoms with Crippen LogP contribution in [0.15, 0.2) is 0 Å². The van der Waals surface area contributed by atoms with Gasteiger partial charge in [0, 0.05) is 31.8 Å². The van der Waals surface area contributed by atoms with Crippen LogP contribution in [-0.4, -0.2) is 56.2 Å². The number of rotatable bonds is 6. The fourth-order valence-corrected chi connectivity index (χ4v) is 2.67. The van der Waals surface area contributed by atoms with Gasteiger partial charge >= 0.3 is 0 Å². The Bertz CT molecular complexity index is 275. The lowest BCUT2D eigenvalue weighted by atomic mass is 10.1. The van der Waals surface area contributed by atoms with Gasteiger partial charge in [0.1, 0.15) is 0 Å². The molecule has 1 heterocycles. The van der Waals surface area contributed by atoms with Crippen molar-refractivity contribution in [1.82, 2.24) is 10.2 Å². The minimum absolute atomic E-state index is 0.114. The molecule has 0 radical (unpaired) electrons. The summed E-state index contributed by atoms with van der Waals surface area (Å²) in [5.74, 6) is 0.819. The maximum absolute atomic E-state index is 12.0. The molecular formula is C13H25N3O2. The first-order valence-corrected chi connectivity index (χ1v) is 6.98. The highest BCUT2D eigenvalue weighted by atomic mass is 16.5. The van der Waals surface area contributed by atoms with Crippen LogP contribution < -0.4 is 11.1 Å². The highest BCUT2D eigenvalue weighted by Crippen LogP contribution is 2.34. The molecular weight excluding hydrogens is 230 g/mol. The van der Waals surface area contributed by atoms with Gasteiger partial charge < -0.3 is 15.8 Å². The average molecular weight is 255 g/mol. The number of likely N-dealkylation sites (N-methyl/N-ethyl adjacent to an activating group) is 1. The molecule has 0 aromatic heterocycles. The third kappa shape index (κ3) is 3.93. The molecule has 0 aromatic rings. The van der Waals surface area contributed by atoms with E-state index < -0.39 is 0 Å². The summed E-state index contributed by atoms with van der Waals surface area (Å²) < 4.78 is 5.28. The number of ether oxygens (including phenoxy) is 1. The number of carbonyl (C=O) groups excluding carboxylic acids is 1. The van der Waals surface area contributed by atoms with Crippen molar-refractivity contribution in [3.63, 3.8) is 0 Å². The molecule has 1 aliphatic heterocycles. The molecule has 104 valence electrons. The van der Waals surface area contributed by atoms with E-state index >= 15 is 0 Å². The van der Waals surface area contributed by atoms with Crippen molar-refractivity contribution in [1.29, 1.82) is 0 Å². The molecule has 5 heteroatoms. The number of carbonyl (C=O) groups is 1. The summed E-state index contributed by atoms with van der Waals surface area (Å²) in [6.45, 7) is 2.62. The first kappa shape index (κ1) is 13.8. The summed E-state index contributed by atoms with van der Waals surface area (Å²) in [6, 6.07) is 0.655. The standard InChI is InChI=1S/C13H25N3O2/c1-16(12(8-14)10-2-3-10)9-13(17)15-11-4-6-18-7-5-11/h10-12H,2-9,14H2,1H3,(H,15,17). The minimum atomic E-state index is 0.114. The third-order valence-corrected chi connectivity index (χ3v) is 3.95. The summed E-state index contributed by atoms with van der Waals surface area (Å²) in [5.41, 5.74) is 5.78. The van der Waals surface area contributed by atoms with E-state index in [0.29, 0.717) is 25.0 Å². The molecule has 18 heavy (non-hydrogen) atoms. The van der Waals surface area contributed by atoms with Gasteiger partial charge in [0.25, 0.3) is 0 Å². The van der Waals surface area contributed by atoms with E-state index in [4.69, 9.17) is 10.5 Å². The largest absolute Gasteiger partial charge is 0.381 e. The highest BCUT2D eigenvalue weighted by Gasteiger charge is 2.33. The zero-order valence-corrected chi connectivity index (χ0v) is 11.2. The Morgan fingerprint density at radius 3 is 2.61 bits per heavy atom. The first-order chi connectivity index (χ1) is 8.70. The Hall–Kier alpha value is -0.650. The van der Waals surface area contributed by atoms with E-state index in [-0.39, 0.29) is 11.9 Å². The Morgan fingerprint density at radius 1 is 1.39 bits per heavy atom. The van der Waals surface area contributed by atoms with Gasteiger partial charge in [-0.2, -0.15) is 0 Å². The van der Waals surface area contributed by atoms with E-state index in [1.165, 1.54) is 12.8 Å². The normalized spacial score (nSPS) is 23.1. The summed E-state index contributed by atoms with van der Waals surface area (Å²) in [5, 5.41) is 3.09. The van der Waals surface area contributed by atoms with Gasteiger partial charge in [0.05, 0.1) is 6.54 Å². The zero-order valence-electron chi connectivity index (χ0n) is 11.2. The maximum atomic E-state index is 12.0. The van der Waals surface area contributed by atoms with Gasteiger partial charge in [-0.3, -0.25) is 9.69 Å². The van der Waals surface area contributed by atoms with Crippen LogP contribution in [0.2, 0.25) is 0 Å². The second-order valence-corrected chi connectivity index (χ2v) is 5.51. The molecule has 2 aliphatic rings. The smallest absolute Gasteiger partial charge is 0.234 e. The number of amides is 1. The van der Waals surface area contributed by atoms with Gasteiger partial charge in [-0.05, 0) is 38.6 Å². The predicted octanol–water partition coefficient (Wildman–Crippen LogP) is -0.0493. The van der Waals surface area contributed by atoms with Crippen molar-refractivity contribution in [3.8, 4) is 0 Å². The van der Waals surface area contributed by atoms with Crippen molar-refractivity contribution in [2.75, 3.05) is 33.4 Å². The molecule has 3 N–H and O–H groups in total. The first-order valence-electron chi connectivity index (χ1n) is 6.98. The van der Waals surface area contributed by atoms with Crippen LogP contribution in [0.5, 0.6) is 0 Å². The fraction of sp³-hybridized carbons (Fsp3) is 0.923. The van der Waals surface area contributed by atoms with Crippen molar-refractivity contribution in [3.05, 3.63) is 0 Å². The molecule has 1 saturated heterocycles. The quantitative estimate of drug-likeness (QED) is 0.698. The number of hydrogen-bond donors (Lipinski definition) is 2. The zero-order chi connectivity index (χ0) is 13.0. The molecule has 1 aliphatic carbocycles. The second-order valence-electron chi connectivity index (χ2n) is 5.51. The molecule has 1 unspecified atom stereocenters. The number of nitrogens with one attached hydrogen (secondary N) is 1. The molecule has 2 rings (SSSR count). The second kappa shape index (κ2) is 6.50. The van der Waals surface area contributed by atoms with E-state index in [1.54, 1.807) is 0 Å². The lowest BCUT2D eigenvalue weighted by Gasteiger charge is -2.28. The topological polar surface area (TPSA) is 67.6 Å². The van der Waals surface area contributed by atoms with Crippen molar-refractivity contribution < 1.29 is 9.53 Å². The summed E-state index contributed by atoms with van der Waals surface area (Å²) in [4.78, 5) is 14.1. The molecule has 0 spiro atoms. The number of hydrogen-bond acceptors (Lipinski definition) is 4. The summed E-state index contributed by atoms with van der Waals surface area (Å²) in [6.07, 6.45) is 4.37. The van der Waals surface area contributed by atoms with Gasteiger partial charge in [-0.15, -0.1) is 0 Å². The lowest BCUT2D eigenvalue weighted by molar-refractivity contribution is -0.123. The molecule has 1 atom stereocenters. The molecule has 1 amide bonds. The van der Waals surface area contributed by atoms with E-state index in [9.17, 15) is 4.79 Å². The fourth-order valence-electron chi connectivity index (χ4n) is 2.67. The summed E-state index contributed by atoms with van der Waals surface area (Å²) >= 11 is 0. The van der Waals surface area contributed by atoms with E-state index in [2.05, 4.69) is 10.2 Å². The van der Waals surface area contributed by atoms with Gasteiger partial charge in [-0.25, -0.2) is 0 Å². The summed E-state index contributed by atoms with van der Waals surface area (Å²) in [7, 11) is 2.00. The van der Waals surface area contributed by atoms with Crippen LogP contribution in [0.1, 0.15) is 25.7 Å². The van der Waals surface area contributed by atoms with Crippen LogP contribution >= 0.6 is 0 Å². The highest BCUT2D eigenvalue weighted by molar-refractivity contribution is 5.78. The average Bonchev–Trinajstić information content (AvgIpc) is 3.15. The SMILES string of the molecule is CN(CC(=O)NC1CCOCC1)C(CN)C1CC1. The lowest BCUT2D eigenvalue weighted by Crippen LogP contribution is -2.48. The molecule has 5 nitrogen and oxygen atoms in total. The van der Waals surface area contributed by atoms with Crippen molar-refractivity contribution >= 4 is 5.91 Å². The Kier molecular flexibility index (Phi) is 4.97. The van der Waals surface area contributed by atoms with Crippen LogP contribution in [0.25, 0.3) is 0 Å². The van der Waals surface area contributed by atoms with Gasteiger partial charge in [0.15, 0.2) is 0 Å². The van der Waals surface area contributed by atoms with Crippen LogP contribution in [0.3, 0.4) is 0 Å². The van der Waals surface area contributed by atoms with Gasteiger partial charge in [0.2, 0.25) is 5.91 Å². The van der Waals surface area contributed by atoms with Crippen molar-refractivity contribution in [2.24, 2.45) is 11.7 Å². The molecule has 0 aromatic carbocycles. The van der Waals surface area contributed by atoms with E-state index in [0.717, 1.165) is 26.1 Å². The molecule has 2 fully saturated rings.